The van der Waals surface area contributed by atoms with Crippen LogP contribution in [0.4, 0.5) is 0 Å². The maximum absolute atomic E-state index is 12.2. The molecule has 2 bridgehead atoms. The Labute approximate surface area is 138 Å². The molecule has 124 valence electrons. The number of benzene rings is 1. The SMILES string of the molecule is CC(NC(=O)COc1ccc2c(c1)CCC2)C1CC2CCC1C2. The third-order valence-corrected chi connectivity index (χ3v) is 6.26. The zero-order chi connectivity index (χ0) is 15.8. The molecule has 3 aliphatic carbocycles. The Morgan fingerprint density at radius 2 is 2.13 bits per heavy atom. The van der Waals surface area contributed by atoms with Crippen LogP contribution in [0.15, 0.2) is 18.2 Å². The molecule has 4 unspecified atom stereocenters. The average Bonchev–Trinajstić information content (AvgIpc) is 3.28. The summed E-state index contributed by atoms with van der Waals surface area (Å²) in [4.78, 5) is 12.2. The quantitative estimate of drug-likeness (QED) is 0.903. The molecule has 0 heterocycles. The molecule has 0 radical (unpaired) electrons. The van der Waals surface area contributed by atoms with E-state index < -0.39 is 0 Å². The predicted octanol–water partition coefficient (Wildman–Crippen LogP) is 3.50. The summed E-state index contributed by atoms with van der Waals surface area (Å²) in [7, 11) is 0. The van der Waals surface area contributed by atoms with Gasteiger partial charge < -0.3 is 10.1 Å². The zero-order valence-electron chi connectivity index (χ0n) is 14.0. The highest BCUT2D eigenvalue weighted by molar-refractivity contribution is 5.77. The molecule has 1 aromatic carbocycles. The molecule has 2 saturated carbocycles. The van der Waals surface area contributed by atoms with E-state index in [1.807, 2.05) is 6.07 Å². The third-order valence-electron chi connectivity index (χ3n) is 6.26. The Morgan fingerprint density at radius 1 is 1.26 bits per heavy atom. The van der Waals surface area contributed by atoms with Crippen molar-refractivity contribution in [1.29, 1.82) is 0 Å². The highest BCUT2D eigenvalue weighted by atomic mass is 16.5. The normalized spacial score (nSPS) is 29.3. The van der Waals surface area contributed by atoms with Crippen molar-refractivity contribution in [3.05, 3.63) is 29.3 Å². The van der Waals surface area contributed by atoms with Crippen molar-refractivity contribution in [1.82, 2.24) is 5.32 Å². The van der Waals surface area contributed by atoms with Crippen molar-refractivity contribution in [2.75, 3.05) is 6.61 Å². The minimum absolute atomic E-state index is 0.0146. The van der Waals surface area contributed by atoms with Gasteiger partial charge in [-0.25, -0.2) is 0 Å². The van der Waals surface area contributed by atoms with E-state index >= 15 is 0 Å². The standard InChI is InChI=1S/C20H27NO2/c1-13(19-10-14-5-6-17(19)9-14)21-20(22)12-23-18-8-7-15-3-2-4-16(15)11-18/h7-8,11,13-14,17,19H,2-6,9-10,12H2,1H3,(H,21,22). The molecule has 0 spiro atoms. The highest BCUT2D eigenvalue weighted by Gasteiger charge is 2.42. The highest BCUT2D eigenvalue weighted by Crippen LogP contribution is 2.49. The minimum atomic E-state index is 0.0146. The fourth-order valence-corrected chi connectivity index (χ4v) is 5.10. The van der Waals surface area contributed by atoms with Crippen LogP contribution in [0, 0.1) is 17.8 Å². The van der Waals surface area contributed by atoms with Gasteiger partial charge in [-0.2, -0.15) is 0 Å². The lowest BCUT2D eigenvalue weighted by Gasteiger charge is -2.28. The van der Waals surface area contributed by atoms with E-state index in [1.165, 1.54) is 49.7 Å². The van der Waals surface area contributed by atoms with E-state index in [-0.39, 0.29) is 18.6 Å². The first-order valence-corrected chi connectivity index (χ1v) is 9.23. The van der Waals surface area contributed by atoms with E-state index in [4.69, 9.17) is 4.74 Å². The summed E-state index contributed by atoms with van der Waals surface area (Å²) in [6.07, 6.45) is 9.01. The van der Waals surface area contributed by atoms with Gasteiger partial charge in [-0.1, -0.05) is 12.5 Å². The van der Waals surface area contributed by atoms with E-state index in [2.05, 4.69) is 24.4 Å². The number of fused-ring (bicyclic) bond motifs is 3. The molecule has 0 aliphatic heterocycles. The van der Waals surface area contributed by atoms with E-state index in [9.17, 15) is 4.79 Å². The molecule has 1 aromatic rings. The van der Waals surface area contributed by atoms with E-state index in [0.29, 0.717) is 5.92 Å². The average molecular weight is 313 g/mol. The van der Waals surface area contributed by atoms with Crippen LogP contribution in [-0.4, -0.2) is 18.6 Å². The molecule has 23 heavy (non-hydrogen) atoms. The Morgan fingerprint density at radius 3 is 2.91 bits per heavy atom. The molecule has 4 rings (SSSR count). The van der Waals surface area contributed by atoms with Crippen molar-refractivity contribution in [3.8, 4) is 5.75 Å². The Kier molecular flexibility index (Phi) is 4.04. The van der Waals surface area contributed by atoms with Crippen LogP contribution < -0.4 is 10.1 Å². The first-order chi connectivity index (χ1) is 11.2. The second-order valence-electron chi connectivity index (χ2n) is 7.77. The van der Waals surface area contributed by atoms with Crippen LogP contribution >= 0.6 is 0 Å². The van der Waals surface area contributed by atoms with Crippen molar-refractivity contribution in [3.63, 3.8) is 0 Å². The molecule has 3 aliphatic rings. The van der Waals surface area contributed by atoms with Gasteiger partial charge in [0, 0.05) is 6.04 Å². The summed E-state index contributed by atoms with van der Waals surface area (Å²) in [6.45, 7) is 2.29. The zero-order valence-corrected chi connectivity index (χ0v) is 14.0. The molecule has 0 aromatic heterocycles. The van der Waals surface area contributed by atoms with Gasteiger partial charge in [0.05, 0.1) is 0 Å². The van der Waals surface area contributed by atoms with Crippen LogP contribution in [0.5, 0.6) is 5.75 Å². The fraction of sp³-hybridized carbons (Fsp3) is 0.650. The van der Waals surface area contributed by atoms with E-state index in [0.717, 1.165) is 24.0 Å². The molecular weight excluding hydrogens is 286 g/mol. The number of hydrogen-bond donors (Lipinski definition) is 1. The lowest BCUT2D eigenvalue weighted by atomic mass is 9.84. The maximum atomic E-state index is 12.2. The number of rotatable bonds is 5. The maximum Gasteiger partial charge on any atom is 0.258 e. The number of ether oxygens (including phenoxy) is 1. The number of nitrogens with one attached hydrogen (secondary N) is 1. The Bertz CT molecular complexity index is 597. The lowest BCUT2D eigenvalue weighted by Crippen LogP contribution is -2.42. The number of aryl methyl sites for hydroxylation is 2. The molecule has 1 N–H and O–H groups in total. The molecule has 4 atom stereocenters. The molecule has 3 heteroatoms. The molecule has 2 fully saturated rings. The van der Waals surface area contributed by atoms with Gasteiger partial charge in [0.15, 0.2) is 6.61 Å². The second-order valence-corrected chi connectivity index (χ2v) is 7.77. The topological polar surface area (TPSA) is 38.3 Å². The largest absolute Gasteiger partial charge is 0.484 e. The van der Waals surface area contributed by atoms with Crippen molar-refractivity contribution in [2.45, 2.75) is 57.9 Å². The van der Waals surface area contributed by atoms with Crippen LogP contribution in [0.25, 0.3) is 0 Å². The van der Waals surface area contributed by atoms with E-state index in [1.54, 1.807) is 0 Å². The van der Waals surface area contributed by atoms with Gasteiger partial charge >= 0.3 is 0 Å². The van der Waals surface area contributed by atoms with Gasteiger partial charge in [0.2, 0.25) is 0 Å². The summed E-state index contributed by atoms with van der Waals surface area (Å²) in [5.41, 5.74) is 2.82. The van der Waals surface area contributed by atoms with Gasteiger partial charge in [-0.15, -0.1) is 0 Å². The number of carbonyl (C=O) groups excluding carboxylic acids is 1. The Balaban J connectivity index is 1.27. The van der Waals surface area contributed by atoms with Crippen LogP contribution in [0.3, 0.4) is 0 Å². The van der Waals surface area contributed by atoms with Crippen molar-refractivity contribution >= 4 is 5.91 Å². The van der Waals surface area contributed by atoms with Gasteiger partial charge in [-0.3, -0.25) is 4.79 Å². The smallest absolute Gasteiger partial charge is 0.258 e. The lowest BCUT2D eigenvalue weighted by molar-refractivity contribution is -0.124. The van der Waals surface area contributed by atoms with Crippen LogP contribution in [0.1, 0.15) is 50.2 Å². The van der Waals surface area contributed by atoms with Gasteiger partial charge in [0.1, 0.15) is 5.75 Å². The van der Waals surface area contributed by atoms with Crippen molar-refractivity contribution in [2.24, 2.45) is 17.8 Å². The van der Waals surface area contributed by atoms with Gasteiger partial charge in [0.25, 0.3) is 5.91 Å². The summed E-state index contributed by atoms with van der Waals surface area (Å²) in [5.74, 6) is 3.28. The molecular formula is C20H27NO2. The summed E-state index contributed by atoms with van der Waals surface area (Å²) in [6, 6.07) is 6.53. The van der Waals surface area contributed by atoms with Crippen LogP contribution in [-0.2, 0) is 17.6 Å². The minimum Gasteiger partial charge on any atom is -0.484 e. The summed E-state index contributed by atoms with van der Waals surface area (Å²) >= 11 is 0. The number of carbonyl (C=O) groups is 1. The van der Waals surface area contributed by atoms with Crippen LogP contribution in [0.2, 0.25) is 0 Å². The number of hydrogen-bond acceptors (Lipinski definition) is 2. The first kappa shape index (κ1) is 15.0. The molecule has 3 nitrogen and oxygen atoms in total. The monoisotopic (exact) mass is 313 g/mol. The predicted molar refractivity (Wildman–Crippen MR) is 90.5 cm³/mol. The fourth-order valence-electron chi connectivity index (χ4n) is 5.10. The first-order valence-electron chi connectivity index (χ1n) is 9.23. The summed E-state index contributed by atoms with van der Waals surface area (Å²) < 4.78 is 5.71. The van der Waals surface area contributed by atoms with Gasteiger partial charge in [-0.05, 0) is 86.5 Å². The number of amides is 1. The molecule has 0 saturated heterocycles. The summed E-state index contributed by atoms with van der Waals surface area (Å²) in [5, 5.41) is 3.17. The Hall–Kier alpha value is -1.51. The second kappa shape index (κ2) is 6.18. The third kappa shape index (κ3) is 3.11. The van der Waals surface area contributed by atoms with Crippen molar-refractivity contribution < 1.29 is 9.53 Å². The molecule has 1 amide bonds.